The van der Waals surface area contributed by atoms with Gasteiger partial charge in [0, 0.05) is 18.2 Å². The summed E-state index contributed by atoms with van der Waals surface area (Å²) in [5.74, 6) is 0.219. The smallest absolute Gasteiger partial charge is 0.175 e. The fourth-order valence-corrected chi connectivity index (χ4v) is 3.44. The van der Waals surface area contributed by atoms with E-state index < -0.39 is 9.84 Å². The molecule has 0 radical (unpaired) electrons. The van der Waals surface area contributed by atoms with Gasteiger partial charge in [-0.15, -0.1) is 0 Å². The van der Waals surface area contributed by atoms with Gasteiger partial charge < -0.3 is 5.11 Å². The Morgan fingerprint density at radius 2 is 1.43 bits per heavy atom. The van der Waals surface area contributed by atoms with Crippen LogP contribution in [0, 0.1) is 0 Å². The molecule has 0 unspecified atom stereocenters. The van der Waals surface area contributed by atoms with Crippen LogP contribution < -0.4 is 0 Å². The summed E-state index contributed by atoms with van der Waals surface area (Å²) in [6.45, 7) is 0. The maximum Gasteiger partial charge on any atom is 0.175 e. The molecule has 1 aliphatic rings. The first-order valence-corrected chi connectivity index (χ1v) is 9.11. The number of carbonyl (C=O) groups excluding carboxylic acids is 1. The molecule has 0 spiro atoms. The highest BCUT2D eigenvalue weighted by molar-refractivity contribution is 7.90. The number of hydrogen-bond acceptors (Lipinski definition) is 4. The van der Waals surface area contributed by atoms with Gasteiger partial charge in [0.05, 0.1) is 4.90 Å². The molecule has 23 heavy (non-hydrogen) atoms. The fraction of sp³-hybridized carbons (Fsp3) is 0.167. The molecule has 118 valence electrons. The van der Waals surface area contributed by atoms with Gasteiger partial charge in [-0.2, -0.15) is 0 Å². The predicted octanol–water partition coefficient (Wildman–Crippen LogP) is 3.07. The molecule has 0 heterocycles. The zero-order valence-corrected chi connectivity index (χ0v) is 13.4. The molecule has 0 saturated carbocycles. The molecule has 1 N–H and O–H groups in total. The molecule has 3 rings (SSSR count). The van der Waals surface area contributed by atoms with Crippen molar-refractivity contribution in [1.29, 1.82) is 0 Å². The van der Waals surface area contributed by atoms with Gasteiger partial charge in [0.2, 0.25) is 0 Å². The molecule has 0 aromatic heterocycles. The standard InChI is InChI=1S/C18H16O4S/c1-23(21,22)15-8-4-12(5-9-15)16-10-11-17(20)18(16)13-2-6-14(19)7-3-13/h2-9,19H,10-11H2,1H3. The van der Waals surface area contributed by atoms with E-state index in [9.17, 15) is 18.3 Å². The molecule has 2 aromatic carbocycles. The summed E-state index contributed by atoms with van der Waals surface area (Å²) in [5, 5.41) is 9.40. The van der Waals surface area contributed by atoms with E-state index in [1.54, 1.807) is 48.5 Å². The largest absolute Gasteiger partial charge is 0.508 e. The number of rotatable bonds is 3. The molecule has 0 atom stereocenters. The number of carbonyl (C=O) groups is 1. The van der Waals surface area contributed by atoms with Crippen LogP contribution in [0.4, 0.5) is 0 Å². The summed E-state index contributed by atoms with van der Waals surface area (Å²) < 4.78 is 23.1. The third-order valence-corrected chi connectivity index (χ3v) is 5.10. The van der Waals surface area contributed by atoms with E-state index >= 15 is 0 Å². The Balaban J connectivity index is 2.08. The van der Waals surface area contributed by atoms with E-state index in [0.717, 1.165) is 16.7 Å². The number of benzene rings is 2. The Morgan fingerprint density at radius 1 is 0.870 bits per heavy atom. The van der Waals surface area contributed by atoms with Gasteiger partial charge in [0.25, 0.3) is 0 Å². The summed E-state index contributed by atoms with van der Waals surface area (Å²) in [4.78, 5) is 12.5. The summed E-state index contributed by atoms with van der Waals surface area (Å²) in [6, 6.07) is 13.2. The number of ketones is 1. The highest BCUT2D eigenvalue weighted by Gasteiger charge is 2.25. The number of hydrogen-bond donors (Lipinski definition) is 1. The number of aromatic hydroxyl groups is 1. The van der Waals surface area contributed by atoms with E-state index in [4.69, 9.17) is 0 Å². The molecule has 0 saturated heterocycles. The minimum Gasteiger partial charge on any atom is -0.508 e. The topological polar surface area (TPSA) is 71.4 Å². The van der Waals surface area contributed by atoms with Crippen LogP contribution in [-0.4, -0.2) is 25.6 Å². The summed E-state index contributed by atoms with van der Waals surface area (Å²) in [5.41, 5.74) is 3.19. The first-order valence-electron chi connectivity index (χ1n) is 7.22. The molecule has 1 aliphatic carbocycles. The van der Waals surface area contributed by atoms with E-state index in [1.807, 2.05) is 0 Å². The normalized spacial score (nSPS) is 15.3. The van der Waals surface area contributed by atoms with Gasteiger partial charge >= 0.3 is 0 Å². The lowest BCUT2D eigenvalue weighted by molar-refractivity contribution is -0.113. The maximum absolute atomic E-state index is 12.3. The number of phenols is 1. The monoisotopic (exact) mass is 328 g/mol. The molecule has 5 heteroatoms. The van der Waals surface area contributed by atoms with Crippen LogP contribution >= 0.6 is 0 Å². The Bertz CT molecular complexity index is 889. The first-order chi connectivity index (χ1) is 10.9. The second kappa shape index (κ2) is 5.66. The number of phenolic OH excluding ortho intramolecular Hbond substituents is 1. The van der Waals surface area contributed by atoms with Gasteiger partial charge in [-0.05, 0) is 47.4 Å². The molecule has 2 aromatic rings. The van der Waals surface area contributed by atoms with Crippen molar-refractivity contribution in [2.45, 2.75) is 17.7 Å². The Hall–Kier alpha value is -2.40. The van der Waals surface area contributed by atoms with Gasteiger partial charge in [-0.1, -0.05) is 24.3 Å². The van der Waals surface area contributed by atoms with Crippen molar-refractivity contribution in [2.75, 3.05) is 6.26 Å². The predicted molar refractivity (Wildman–Crippen MR) is 88.7 cm³/mol. The Labute approximate surface area is 135 Å². The lowest BCUT2D eigenvalue weighted by atomic mass is 9.97. The van der Waals surface area contributed by atoms with Crippen LogP contribution in [0.25, 0.3) is 11.1 Å². The maximum atomic E-state index is 12.3. The van der Waals surface area contributed by atoms with Crippen molar-refractivity contribution in [2.24, 2.45) is 0 Å². The lowest BCUT2D eigenvalue weighted by Gasteiger charge is -2.08. The second-order valence-electron chi connectivity index (χ2n) is 5.62. The van der Waals surface area contributed by atoms with Crippen LogP contribution in [0.2, 0.25) is 0 Å². The SMILES string of the molecule is CS(=O)(=O)c1ccc(C2=C(c3ccc(O)cc3)C(=O)CC2)cc1. The van der Waals surface area contributed by atoms with Crippen molar-refractivity contribution >= 4 is 26.8 Å². The van der Waals surface area contributed by atoms with Crippen molar-refractivity contribution in [3.05, 3.63) is 59.7 Å². The number of Topliss-reactive ketones (excluding diaryl/α,β-unsaturated/α-hetero) is 1. The molecular formula is C18H16O4S. The number of sulfone groups is 1. The zero-order chi connectivity index (χ0) is 16.6. The third kappa shape index (κ3) is 3.05. The molecule has 0 bridgehead atoms. The van der Waals surface area contributed by atoms with Crippen LogP contribution in [0.5, 0.6) is 5.75 Å². The van der Waals surface area contributed by atoms with Gasteiger partial charge in [-0.25, -0.2) is 8.42 Å². The Kier molecular flexibility index (Phi) is 3.82. The molecule has 0 fully saturated rings. The minimum absolute atomic E-state index is 0.0675. The minimum atomic E-state index is -3.24. The van der Waals surface area contributed by atoms with E-state index in [2.05, 4.69) is 0 Å². The highest BCUT2D eigenvalue weighted by Crippen LogP contribution is 2.38. The van der Waals surface area contributed by atoms with Gasteiger partial charge in [-0.3, -0.25) is 4.79 Å². The highest BCUT2D eigenvalue weighted by atomic mass is 32.2. The van der Waals surface area contributed by atoms with Crippen molar-refractivity contribution in [1.82, 2.24) is 0 Å². The van der Waals surface area contributed by atoms with Crippen LogP contribution in [0.3, 0.4) is 0 Å². The van der Waals surface area contributed by atoms with Crippen LogP contribution in [0.1, 0.15) is 24.0 Å². The fourth-order valence-electron chi connectivity index (χ4n) is 2.81. The van der Waals surface area contributed by atoms with Gasteiger partial charge in [0.1, 0.15) is 5.75 Å². The van der Waals surface area contributed by atoms with Gasteiger partial charge in [0.15, 0.2) is 15.6 Å². The Morgan fingerprint density at radius 3 is 2.00 bits per heavy atom. The van der Waals surface area contributed by atoms with E-state index in [-0.39, 0.29) is 16.4 Å². The molecular weight excluding hydrogens is 312 g/mol. The molecule has 4 nitrogen and oxygen atoms in total. The van der Waals surface area contributed by atoms with Crippen molar-refractivity contribution < 1.29 is 18.3 Å². The average molecular weight is 328 g/mol. The lowest BCUT2D eigenvalue weighted by Crippen LogP contribution is -1.98. The second-order valence-corrected chi connectivity index (χ2v) is 7.64. The van der Waals surface area contributed by atoms with Crippen LogP contribution in [-0.2, 0) is 14.6 Å². The van der Waals surface area contributed by atoms with Crippen molar-refractivity contribution in [3.63, 3.8) is 0 Å². The summed E-state index contributed by atoms with van der Waals surface area (Å²) in [7, 11) is -3.24. The number of allylic oxidation sites excluding steroid dienone is 2. The van der Waals surface area contributed by atoms with Crippen molar-refractivity contribution in [3.8, 4) is 5.75 Å². The zero-order valence-electron chi connectivity index (χ0n) is 12.6. The molecule has 0 amide bonds. The van der Waals surface area contributed by atoms with E-state index in [1.165, 1.54) is 6.26 Å². The summed E-state index contributed by atoms with van der Waals surface area (Å²) >= 11 is 0. The van der Waals surface area contributed by atoms with E-state index in [0.29, 0.717) is 18.4 Å². The quantitative estimate of drug-likeness (QED) is 0.940. The third-order valence-electron chi connectivity index (χ3n) is 3.97. The molecule has 0 aliphatic heterocycles. The average Bonchev–Trinajstić information content (AvgIpc) is 2.89. The first kappa shape index (κ1) is 15.5. The summed E-state index contributed by atoms with van der Waals surface area (Å²) in [6.07, 6.45) is 2.24. The van der Waals surface area contributed by atoms with Crippen LogP contribution in [0.15, 0.2) is 53.4 Å².